The molecule has 1 heterocycles. The van der Waals surface area contributed by atoms with Crippen LogP contribution in [0, 0.1) is 5.92 Å². The fourth-order valence-corrected chi connectivity index (χ4v) is 2.42. The number of amides is 2. The van der Waals surface area contributed by atoms with Crippen molar-refractivity contribution in [2.75, 3.05) is 5.32 Å². The number of carbonyl (C=O) groups excluding carboxylic acids is 2. The summed E-state index contributed by atoms with van der Waals surface area (Å²) in [6, 6.07) is 5.09. The monoisotopic (exact) mass is 419 g/mol. The lowest BCUT2D eigenvalue weighted by Gasteiger charge is -2.22. The first-order valence-electron chi connectivity index (χ1n) is 8.18. The van der Waals surface area contributed by atoms with Crippen LogP contribution in [0.5, 0.6) is 0 Å². The quantitative estimate of drug-likeness (QED) is 0.666. The Bertz CT molecular complexity index is 808. The zero-order valence-corrected chi connectivity index (χ0v) is 16.0. The second-order valence-corrected chi connectivity index (χ2v) is 6.28. The van der Waals surface area contributed by atoms with Crippen molar-refractivity contribution in [3.05, 3.63) is 53.5 Å². The van der Waals surface area contributed by atoms with Crippen molar-refractivity contribution in [1.82, 2.24) is 5.32 Å². The van der Waals surface area contributed by atoms with Crippen LogP contribution in [0.1, 0.15) is 35.5 Å². The number of nitrogens with two attached hydrogens (primary N) is 1. The van der Waals surface area contributed by atoms with Gasteiger partial charge in [-0.3, -0.25) is 9.59 Å². The number of anilines is 1. The molecule has 0 fully saturated rings. The van der Waals surface area contributed by atoms with Gasteiger partial charge in [0, 0.05) is 12.2 Å². The summed E-state index contributed by atoms with van der Waals surface area (Å²) in [5, 5.41) is 4.94. The fourth-order valence-electron chi connectivity index (χ4n) is 2.42. The van der Waals surface area contributed by atoms with Crippen molar-refractivity contribution < 1.29 is 27.2 Å². The van der Waals surface area contributed by atoms with E-state index in [9.17, 15) is 22.8 Å². The predicted molar refractivity (Wildman–Crippen MR) is 100 cm³/mol. The third-order valence-corrected chi connectivity index (χ3v) is 3.80. The van der Waals surface area contributed by atoms with E-state index in [1.165, 1.54) is 24.5 Å². The zero-order chi connectivity index (χ0) is 20.2. The average molecular weight is 420 g/mol. The van der Waals surface area contributed by atoms with Crippen molar-refractivity contribution in [2.24, 2.45) is 11.7 Å². The van der Waals surface area contributed by atoms with E-state index in [1.54, 1.807) is 13.8 Å². The second kappa shape index (κ2) is 9.61. The molecule has 0 spiro atoms. The number of nitrogens with one attached hydrogen (secondary N) is 2. The van der Waals surface area contributed by atoms with Crippen LogP contribution in [-0.4, -0.2) is 17.9 Å². The molecule has 0 radical (unpaired) electrons. The van der Waals surface area contributed by atoms with E-state index in [0.717, 1.165) is 12.1 Å². The van der Waals surface area contributed by atoms with Gasteiger partial charge in [-0.2, -0.15) is 13.2 Å². The minimum atomic E-state index is -4.57. The summed E-state index contributed by atoms with van der Waals surface area (Å²) in [6.07, 6.45) is -3.26. The lowest BCUT2D eigenvalue weighted by molar-refractivity contribution is -0.137. The van der Waals surface area contributed by atoms with E-state index in [-0.39, 0.29) is 41.9 Å². The third-order valence-electron chi connectivity index (χ3n) is 3.80. The van der Waals surface area contributed by atoms with E-state index in [2.05, 4.69) is 10.6 Å². The molecule has 2 aromatic rings. The molecule has 1 atom stereocenters. The van der Waals surface area contributed by atoms with E-state index in [1.807, 2.05) is 0 Å². The van der Waals surface area contributed by atoms with Crippen molar-refractivity contribution >= 4 is 29.9 Å². The molecule has 2 amide bonds. The van der Waals surface area contributed by atoms with Crippen LogP contribution in [-0.2, 0) is 17.5 Å². The summed E-state index contributed by atoms with van der Waals surface area (Å²) >= 11 is 0. The minimum absolute atomic E-state index is 0. The van der Waals surface area contributed by atoms with Gasteiger partial charge in [0.05, 0.1) is 11.8 Å². The van der Waals surface area contributed by atoms with Crippen molar-refractivity contribution in [3.63, 3.8) is 0 Å². The number of benzene rings is 1. The lowest BCUT2D eigenvalue weighted by Crippen LogP contribution is -2.47. The normalized spacial score (nSPS) is 12.2. The summed E-state index contributed by atoms with van der Waals surface area (Å²) in [5.74, 6) is -1.53. The van der Waals surface area contributed by atoms with Gasteiger partial charge in [0.1, 0.15) is 6.04 Å². The topological polar surface area (TPSA) is 97.4 Å². The number of hydrogen-bond acceptors (Lipinski definition) is 4. The maximum absolute atomic E-state index is 13.0. The van der Waals surface area contributed by atoms with E-state index < -0.39 is 29.6 Å². The maximum Gasteiger partial charge on any atom is 0.416 e. The van der Waals surface area contributed by atoms with Gasteiger partial charge >= 0.3 is 6.18 Å². The van der Waals surface area contributed by atoms with Crippen LogP contribution in [0.4, 0.5) is 18.9 Å². The summed E-state index contributed by atoms with van der Waals surface area (Å²) in [4.78, 5) is 24.7. The van der Waals surface area contributed by atoms with Gasteiger partial charge in [-0.15, -0.1) is 12.4 Å². The highest BCUT2D eigenvalue weighted by molar-refractivity contribution is 6.00. The maximum atomic E-state index is 13.0. The highest BCUT2D eigenvalue weighted by Gasteiger charge is 2.32. The first-order chi connectivity index (χ1) is 12.6. The molecule has 0 bridgehead atoms. The number of rotatable bonds is 6. The molecular weight excluding hydrogens is 399 g/mol. The van der Waals surface area contributed by atoms with Gasteiger partial charge in [-0.25, -0.2) is 0 Å². The van der Waals surface area contributed by atoms with Gasteiger partial charge in [0.25, 0.3) is 5.91 Å². The molecule has 2 rings (SSSR count). The molecule has 0 saturated heterocycles. The molecule has 0 aliphatic rings. The van der Waals surface area contributed by atoms with Crippen LogP contribution >= 0.6 is 12.4 Å². The molecule has 0 aliphatic carbocycles. The molecular formula is C18H21ClF3N3O3. The highest BCUT2D eigenvalue weighted by atomic mass is 35.5. The highest BCUT2D eigenvalue weighted by Crippen LogP contribution is 2.32. The standard InChI is InChI=1S/C18H20F3N3O3.ClH/c1-10(2)15(24-16(25)14-4-3-5-27-14)17(26)23-13-7-11(9-22)6-12(8-13)18(19,20)21;/h3-8,10,15H,9,22H2,1-2H3,(H,23,26)(H,24,25);1H. The van der Waals surface area contributed by atoms with Crippen molar-refractivity contribution in [2.45, 2.75) is 32.6 Å². The Morgan fingerprint density at radius 1 is 1.21 bits per heavy atom. The number of alkyl halides is 3. The fraction of sp³-hybridized carbons (Fsp3) is 0.333. The van der Waals surface area contributed by atoms with Gasteiger partial charge in [-0.05, 0) is 41.8 Å². The molecule has 4 N–H and O–H groups in total. The van der Waals surface area contributed by atoms with Crippen LogP contribution < -0.4 is 16.4 Å². The molecule has 1 unspecified atom stereocenters. The van der Waals surface area contributed by atoms with Crippen LogP contribution in [0.2, 0.25) is 0 Å². The Labute approximate surface area is 166 Å². The Kier molecular flexibility index (Phi) is 8.07. The average Bonchev–Trinajstić information content (AvgIpc) is 3.12. The lowest BCUT2D eigenvalue weighted by atomic mass is 10.0. The van der Waals surface area contributed by atoms with Gasteiger partial charge < -0.3 is 20.8 Å². The van der Waals surface area contributed by atoms with Crippen molar-refractivity contribution in [1.29, 1.82) is 0 Å². The van der Waals surface area contributed by atoms with E-state index in [4.69, 9.17) is 10.2 Å². The van der Waals surface area contributed by atoms with E-state index in [0.29, 0.717) is 0 Å². The van der Waals surface area contributed by atoms with Crippen LogP contribution in [0.25, 0.3) is 0 Å². The molecule has 1 aromatic carbocycles. The number of halogens is 4. The smallest absolute Gasteiger partial charge is 0.416 e. The van der Waals surface area contributed by atoms with Crippen LogP contribution in [0.15, 0.2) is 41.0 Å². The Hall–Kier alpha value is -2.52. The Morgan fingerprint density at radius 2 is 1.89 bits per heavy atom. The summed E-state index contributed by atoms with van der Waals surface area (Å²) < 4.78 is 44.0. The summed E-state index contributed by atoms with van der Waals surface area (Å²) in [6.45, 7) is 3.28. The summed E-state index contributed by atoms with van der Waals surface area (Å²) in [7, 11) is 0. The van der Waals surface area contributed by atoms with Gasteiger partial charge in [0.15, 0.2) is 5.76 Å². The summed E-state index contributed by atoms with van der Waals surface area (Å²) in [5.41, 5.74) is 4.70. The Morgan fingerprint density at radius 3 is 2.39 bits per heavy atom. The largest absolute Gasteiger partial charge is 0.459 e. The first-order valence-corrected chi connectivity index (χ1v) is 8.18. The molecule has 154 valence electrons. The number of hydrogen-bond donors (Lipinski definition) is 3. The molecule has 1 aromatic heterocycles. The first kappa shape index (κ1) is 23.5. The van der Waals surface area contributed by atoms with E-state index >= 15 is 0 Å². The number of furan rings is 1. The second-order valence-electron chi connectivity index (χ2n) is 6.28. The zero-order valence-electron chi connectivity index (χ0n) is 15.2. The predicted octanol–water partition coefficient (Wildman–Crippen LogP) is 3.57. The molecule has 6 nitrogen and oxygen atoms in total. The van der Waals surface area contributed by atoms with Crippen molar-refractivity contribution in [3.8, 4) is 0 Å². The van der Waals surface area contributed by atoms with Gasteiger partial charge in [0.2, 0.25) is 5.91 Å². The van der Waals surface area contributed by atoms with Crippen LogP contribution in [0.3, 0.4) is 0 Å². The SMILES string of the molecule is CC(C)C(NC(=O)c1ccco1)C(=O)Nc1cc(CN)cc(C(F)(F)F)c1.Cl. The number of carbonyl (C=O) groups is 2. The minimum Gasteiger partial charge on any atom is -0.459 e. The van der Waals surface area contributed by atoms with Gasteiger partial charge in [-0.1, -0.05) is 13.8 Å². The Balaban J connectivity index is 0.00000392. The molecule has 0 saturated carbocycles. The molecule has 0 aliphatic heterocycles. The third kappa shape index (κ3) is 6.00. The molecule has 28 heavy (non-hydrogen) atoms. The molecule has 10 heteroatoms.